The number of fused-ring (bicyclic) bond motifs is 1. The third-order valence-corrected chi connectivity index (χ3v) is 3.71. The van der Waals surface area contributed by atoms with Gasteiger partial charge in [0.05, 0.1) is 0 Å². The zero-order chi connectivity index (χ0) is 11.5. The lowest BCUT2D eigenvalue weighted by molar-refractivity contribution is 0.434. The van der Waals surface area contributed by atoms with Gasteiger partial charge in [-0.3, -0.25) is 0 Å². The van der Waals surface area contributed by atoms with Crippen LogP contribution in [0.15, 0.2) is 36.4 Å². The standard InChI is InChI=1S/C15H21N/c1-3-11(2)8-15(16)14-9-12-6-4-5-7-13(12)10-14/h4-7,14-15H,2-3,8-10,16H2,1H3. The Labute approximate surface area is 98.4 Å². The van der Waals surface area contributed by atoms with Crippen molar-refractivity contribution in [3.05, 3.63) is 47.5 Å². The van der Waals surface area contributed by atoms with E-state index in [0.29, 0.717) is 5.92 Å². The smallest absolute Gasteiger partial charge is 0.0111 e. The van der Waals surface area contributed by atoms with E-state index < -0.39 is 0 Å². The van der Waals surface area contributed by atoms with Gasteiger partial charge in [0.25, 0.3) is 0 Å². The minimum absolute atomic E-state index is 0.278. The molecule has 0 bridgehead atoms. The van der Waals surface area contributed by atoms with Gasteiger partial charge in [-0.05, 0) is 42.7 Å². The first-order chi connectivity index (χ1) is 7.70. The van der Waals surface area contributed by atoms with Crippen molar-refractivity contribution in [2.75, 3.05) is 0 Å². The predicted molar refractivity (Wildman–Crippen MR) is 69.4 cm³/mol. The highest BCUT2D eigenvalue weighted by Gasteiger charge is 2.26. The summed E-state index contributed by atoms with van der Waals surface area (Å²) in [6, 6.07) is 8.99. The Balaban J connectivity index is 1.98. The van der Waals surface area contributed by atoms with Crippen LogP contribution in [0.2, 0.25) is 0 Å². The molecule has 1 unspecified atom stereocenters. The molecule has 0 spiro atoms. The maximum atomic E-state index is 6.27. The van der Waals surface area contributed by atoms with Gasteiger partial charge in [0.15, 0.2) is 0 Å². The third-order valence-electron chi connectivity index (χ3n) is 3.71. The molecular formula is C15H21N. The lowest BCUT2D eigenvalue weighted by Gasteiger charge is -2.19. The van der Waals surface area contributed by atoms with Gasteiger partial charge in [0.1, 0.15) is 0 Å². The first kappa shape index (κ1) is 11.4. The molecule has 2 N–H and O–H groups in total. The number of rotatable bonds is 4. The second kappa shape index (κ2) is 4.84. The van der Waals surface area contributed by atoms with Crippen molar-refractivity contribution in [1.29, 1.82) is 0 Å². The molecule has 0 fully saturated rings. The molecule has 0 radical (unpaired) electrons. The highest BCUT2D eigenvalue weighted by Crippen LogP contribution is 2.29. The van der Waals surface area contributed by atoms with E-state index in [1.807, 2.05) is 0 Å². The van der Waals surface area contributed by atoms with Crippen LogP contribution in [0.1, 0.15) is 30.9 Å². The highest BCUT2D eigenvalue weighted by atomic mass is 14.7. The van der Waals surface area contributed by atoms with E-state index in [1.54, 1.807) is 0 Å². The van der Waals surface area contributed by atoms with Crippen molar-refractivity contribution >= 4 is 0 Å². The fourth-order valence-corrected chi connectivity index (χ4v) is 2.54. The van der Waals surface area contributed by atoms with E-state index in [1.165, 1.54) is 16.7 Å². The van der Waals surface area contributed by atoms with Crippen molar-refractivity contribution < 1.29 is 0 Å². The summed E-state index contributed by atoms with van der Waals surface area (Å²) in [6.07, 6.45) is 4.32. The second-order valence-corrected chi connectivity index (χ2v) is 4.91. The molecule has 0 aliphatic heterocycles. The fourth-order valence-electron chi connectivity index (χ4n) is 2.54. The number of hydrogen-bond acceptors (Lipinski definition) is 1. The maximum Gasteiger partial charge on any atom is 0.0111 e. The number of benzene rings is 1. The molecule has 0 amide bonds. The Bertz CT molecular complexity index is 356. The summed E-state index contributed by atoms with van der Waals surface area (Å²) in [4.78, 5) is 0. The van der Waals surface area contributed by atoms with Crippen LogP contribution in [0, 0.1) is 5.92 Å². The maximum absolute atomic E-state index is 6.27. The molecule has 0 saturated carbocycles. The molecule has 0 heterocycles. The van der Waals surface area contributed by atoms with Crippen LogP contribution in [0.3, 0.4) is 0 Å². The van der Waals surface area contributed by atoms with Gasteiger partial charge in [-0.15, -0.1) is 0 Å². The summed E-state index contributed by atoms with van der Waals surface area (Å²) in [5.74, 6) is 0.612. The first-order valence-electron chi connectivity index (χ1n) is 6.19. The van der Waals surface area contributed by atoms with E-state index in [-0.39, 0.29) is 6.04 Å². The van der Waals surface area contributed by atoms with E-state index >= 15 is 0 Å². The van der Waals surface area contributed by atoms with Gasteiger partial charge in [0, 0.05) is 6.04 Å². The van der Waals surface area contributed by atoms with E-state index in [4.69, 9.17) is 5.73 Å². The van der Waals surface area contributed by atoms with Crippen molar-refractivity contribution in [1.82, 2.24) is 0 Å². The minimum Gasteiger partial charge on any atom is -0.327 e. The molecule has 1 aliphatic carbocycles. The van der Waals surface area contributed by atoms with Gasteiger partial charge in [-0.2, -0.15) is 0 Å². The van der Waals surface area contributed by atoms with Gasteiger partial charge in [-0.25, -0.2) is 0 Å². The van der Waals surface area contributed by atoms with Crippen molar-refractivity contribution in [3.8, 4) is 0 Å². The van der Waals surface area contributed by atoms with Crippen molar-refractivity contribution in [3.63, 3.8) is 0 Å². The second-order valence-electron chi connectivity index (χ2n) is 4.91. The van der Waals surface area contributed by atoms with Crippen LogP contribution in [0.25, 0.3) is 0 Å². The Morgan fingerprint density at radius 1 is 1.38 bits per heavy atom. The Morgan fingerprint density at radius 2 is 1.94 bits per heavy atom. The molecule has 1 aromatic rings. The molecule has 1 heteroatoms. The van der Waals surface area contributed by atoms with Gasteiger partial charge < -0.3 is 5.73 Å². The SMILES string of the molecule is C=C(CC)CC(N)C1Cc2ccccc2C1. The zero-order valence-electron chi connectivity index (χ0n) is 10.1. The Kier molecular flexibility index (Phi) is 3.45. The van der Waals surface area contributed by atoms with E-state index in [0.717, 1.165) is 25.7 Å². The molecule has 1 atom stereocenters. The molecule has 0 aromatic heterocycles. The zero-order valence-corrected chi connectivity index (χ0v) is 10.1. The molecule has 16 heavy (non-hydrogen) atoms. The highest BCUT2D eigenvalue weighted by molar-refractivity contribution is 5.32. The Morgan fingerprint density at radius 3 is 2.44 bits per heavy atom. The van der Waals surface area contributed by atoms with Gasteiger partial charge >= 0.3 is 0 Å². The monoisotopic (exact) mass is 215 g/mol. The molecule has 0 saturated heterocycles. The van der Waals surface area contributed by atoms with E-state index in [2.05, 4.69) is 37.8 Å². The first-order valence-corrected chi connectivity index (χ1v) is 6.19. The van der Waals surface area contributed by atoms with Crippen LogP contribution in [0.4, 0.5) is 0 Å². The van der Waals surface area contributed by atoms with Crippen LogP contribution < -0.4 is 5.73 Å². The van der Waals surface area contributed by atoms with Crippen molar-refractivity contribution in [2.45, 2.75) is 38.6 Å². The molecule has 1 aromatic carbocycles. The van der Waals surface area contributed by atoms with Crippen LogP contribution in [-0.2, 0) is 12.8 Å². The quantitative estimate of drug-likeness (QED) is 0.767. The summed E-state index contributed by atoms with van der Waals surface area (Å²) in [7, 11) is 0. The van der Waals surface area contributed by atoms with Gasteiger partial charge in [-0.1, -0.05) is 43.3 Å². The summed E-state index contributed by atoms with van der Waals surface area (Å²) >= 11 is 0. The normalized spacial score (nSPS) is 17.1. The minimum atomic E-state index is 0.278. The average molecular weight is 215 g/mol. The largest absolute Gasteiger partial charge is 0.327 e. The number of hydrogen-bond donors (Lipinski definition) is 1. The van der Waals surface area contributed by atoms with E-state index in [9.17, 15) is 0 Å². The average Bonchev–Trinajstić information content (AvgIpc) is 2.72. The molecule has 1 aliphatic rings. The lowest BCUT2D eigenvalue weighted by atomic mass is 9.91. The van der Waals surface area contributed by atoms with Crippen LogP contribution in [0.5, 0.6) is 0 Å². The third kappa shape index (κ3) is 2.35. The number of nitrogens with two attached hydrogens (primary N) is 1. The molecule has 1 nitrogen and oxygen atoms in total. The van der Waals surface area contributed by atoms with Crippen LogP contribution >= 0.6 is 0 Å². The predicted octanol–water partition coefficient (Wildman–Crippen LogP) is 3.09. The molecule has 2 rings (SSSR count). The summed E-state index contributed by atoms with van der Waals surface area (Å²) in [5.41, 5.74) is 10.5. The topological polar surface area (TPSA) is 26.0 Å². The lowest BCUT2D eigenvalue weighted by Crippen LogP contribution is -2.30. The summed E-state index contributed by atoms with van der Waals surface area (Å²) in [6.45, 7) is 6.20. The Hall–Kier alpha value is -1.08. The van der Waals surface area contributed by atoms with Crippen molar-refractivity contribution in [2.24, 2.45) is 11.7 Å². The van der Waals surface area contributed by atoms with Gasteiger partial charge in [0.2, 0.25) is 0 Å². The molecule has 86 valence electrons. The summed E-state index contributed by atoms with van der Waals surface area (Å²) < 4.78 is 0. The summed E-state index contributed by atoms with van der Waals surface area (Å²) in [5, 5.41) is 0. The molecular weight excluding hydrogens is 194 g/mol. The van der Waals surface area contributed by atoms with Crippen LogP contribution in [-0.4, -0.2) is 6.04 Å². The fraction of sp³-hybridized carbons (Fsp3) is 0.467.